The van der Waals surface area contributed by atoms with Crippen LogP contribution in [-0.2, 0) is 4.79 Å². The summed E-state index contributed by atoms with van der Waals surface area (Å²) >= 11 is 7.51. The standard InChI is InChI=1S/C28H30ClF3N2O3S/c1-37-18-5-6-24-19(15-18)26(20(29)17-33-24)21(30)7-8-28(16-25(35)36)9-11-34(12-10-28)13-14-38-27-22(31)3-2-4-23(27)32/h2-6,15,17,21H,7-14,16H2,1H3,(H,35,36)/t21-/m0/s1. The van der Waals surface area contributed by atoms with Crippen molar-refractivity contribution in [2.45, 2.75) is 43.2 Å². The predicted molar refractivity (Wildman–Crippen MR) is 144 cm³/mol. The van der Waals surface area contributed by atoms with Crippen LogP contribution < -0.4 is 4.74 Å². The van der Waals surface area contributed by atoms with Crippen molar-refractivity contribution in [2.24, 2.45) is 5.41 Å². The highest BCUT2D eigenvalue weighted by atomic mass is 35.5. The highest BCUT2D eigenvalue weighted by molar-refractivity contribution is 7.99. The Kier molecular flexibility index (Phi) is 9.44. The van der Waals surface area contributed by atoms with Gasteiger partial charge in [-0.1, -0.05) is 17.7 Å². The molecule has 5 nitrogen and oxygen atoms in total. The molecule has 1 saturated heterocycles. The van der Waals surface area contributed by atoms with Crippen LogP contribution in [0.25, 0.3) is 10.9 Å². The Hall–Kier alpha value is -2.49. The largest absolute Gasteiger partial charge is 0.497 e. The van der Waals surface area contributed by atoms with Gasteiger partial charge < -0.3 is 14.7 Å². The van der Waals surface area contributed by atoms with Crippen molar-refractivity contribution in [1.82, 2.24) is 9.88 Å². The number of benzene rings is 2. The number of nitrogens with zero attached hydrogens (tertiary/aromatic N) is 2. The fraction of sp³-hybridized carbons (Fsp3) is 0.429. The molecule has 1 aliphatic rings. The molecule has 38 heavy (non-hydrogen) atoms. The van der Waals surface area contributed by atoms with Gasteiger partial charge in [-0.3, -0.25) is 9.78 Å². The third kappa shape index (κ3) is 6.74. The first-order valence-corrected chi connectivity index (χ1v) is 13.8. The quantitative estimate of drug-likeness (QED) is 0.245. The average molecular weight is 567 g/mol. The van der Waals surface area contributed by atoms with Crippen LogP contribution in [0.5, 0.6) is 5.75 Å². The second-order valence-electron chi connectivity index (χ2n) is 9.72. The van der Waals surface area contributed by atoms with E-state index in [-0.39, 0.29) is 22.8 Å². The summed E-state index contributed by atoms with van der Waals surface area (Å²) < 4.78 is 48.8. The molecule has 3 aromatic rings. The molecule has 0 aliphatic carbocycles. The van der Waals surface area contributed by atoms with E-state index in [1.807, 2.05) is 0 Å². The maximum absolute atomic E-state index is 15.7. The van der Waals surface area contributed by atoms with Crippen molar-refractivity contribution in [3.8, 4) is 5.75 Å². The number of carboxylic acids is 1. The molecule has 2 aromatic carbocycles. The molecule has 2 heterocycles. The molecule has 1 N–H and O–H groups in total. The summed E-state index contributed by atoms with van der Waals surface area (Å²) in [7, 11) is 1.53. The van der Waals surface area contributed by atoms with Crippen molar-refractivity contribution in [3.63, 3.8) is 0 Å². The number of hydrogen-bond acceptors (Lipinski definition) is 5. The Balaban J connectivity index is 1.39. The number of alkyl halides is 1. The normalized spacial score (nSPS) is 16.4. The zero-order chi connectivity index (χ0) is 27.3. The molecule has 0 unspecified atom stereocenters. The molecule has 0 spiro atoms. The Morgan fingerprint density at radius 3 is 2.61 bits per heavy atom. The van der Waals surface area contributed by atoms with Gasteiger partial charge in [-0.15, -0.1) is 11.8 Å². The number of fused-ring (bicyclic) bond motifs is 1. The van der Waals surface area contributed by atoms with Gasteiger partial charge in [0.15, 0.2) is 0 Å². The number of ether oxygens (including phenoxy) is 1. The number of carboxylic acid groups (broad SMARTS) is 1. The first-order valence-electron chi connectivity index (χ1n) is 12.5. The molecule has 1 fully saturated rings. The monoisotopic (exact) mass is 566 g/mol. The van der Waals surface area contributed by atoms with E-state index in [0.29, 0.717) is 66.9 Å². The number of aliphatic carboxylic acids is 1. The van der Waals surface area contributed by atoms with E-state index in [0.717, 1.165) is 11.8 Å². The molecule has 1 atom stereocenters. The van der Waals surface area contributed by atoms with Gasteiger partial charge in [0.05, 0.1) is 29.0 Å². The van der Waals surface area contributed by atoms with Crippen molar-refractivity contribution in [3.05, 3.63) is 64.8 Å². The van der Waals surface area contributed by atoms with Gasteiger partial charge in [0.1, 0.15) is 23.6 Å². The summed E-state index contributed by atoms with van der Waals surface area (Å²) in [4.78, 5) is 18.2. The highest BCUT2D eigenvalue weighted by Crippen LogP contribution is 2.44. The predicted octanol–water partition coefficient (Wildman–Crippen LogP) is 7.32. The first kappa shape index (κ1) is 28.5. The summed E-state index contributed by atoms with van der Waals surface area (Å²) in [5.74, 6) is -0.976. The third-order valence-corrected chi connectivity index (χ3v) is 8.69. The minimum Gasteiger partial charge on any atom is -0.497 e. The van der Waals surface area contributed by atoms with Crippen molar-refractivity contribution in [2.75, 3.05) is 32.5 Å². The summed E-state index contributed by atoms with van der Waals surface area (Å²) in [5, 5.41) is 10.4. The molecule has 1 aromatic heterocycles. The zero-order valence-corrected chi connectivity index (χ0v) is 22.6. The van der Waals surface area contributed by atoms with Crippen LogP contribution >= 0.6 is 23.4 Å². The van der Waals surface area contributed by atoms with E-state index in [1.54, 1.807) is 18.2 Å². The lowest BCUT2D eigenvalue weighted by atomic mass is 9.71. The SMILES string of the molecule is COc1ccc2ncc(Cl)c([C@@H](F)CCC3(CC(=O)O)CCN(CCSc4c(F)cccc4F)CC3)c2c1. The van der Waals surface area contributed by atoms with E-state index >= 15 is 4.39 Å². The molecule has 1 aliphatic heterocycles. The molecule has 204 valence electrons. The van der Waals surface area contributed by atoms with Crippen LogP contribution in [0.15, 0.2) is 47.5 Å². The number of aromatic nitrogens is 1. The first-order chi connectivity index (χ1) is 18.2. The van der Waals surface area contributed by atoms with E-state index in [4.69, 9.17) is 16.3 Å². The lowest BCUT2D eigenvalue weighted by molar-refractivity contribution is -0.141. The molecule has 10 heteroatoms. The Bertz CT molecular complexity index is 1270. The molecule has 0 bridgehead atoms. The van der Waals surface area contributed by atoms with Gasteiger partial charge in [0, 0.05) is 29.4 Å². The topological polar surface area (TPSA) is 62.7 Å². The van der Waals surface area contributed by atoms with Gasteiger partial charge in [-0.2, -0.15) is 0 Å². The summed E-state index contributed by atoms with van der Waals surface area (Å²) in [6.45, 7) is 1.90. The summed E-state index contributed by atoms with van der Waals surface area (Å²) in [6.07, 6.45) is 1.73. The zero-order valence-electron chi connectivity index (χ0n) is 21.1. The van der Waals surface area contributed by atoms with E-state index in [9.17, 15) is 18.7 Å². The third-order valence-electron chi connectivity index (χ3n) is 7.33. The Morgan fingerprint density at radius 1 is 1.24 bits per heavy atom. The molecular formula is C28H30ClF3N2O3S. The molecule has 0 radical (unpaired) electrons. The van der Waals surface area contributed by atoms with Crippen molar-refractivity contribution in [1.29, 1.82) is 0 Å². The van der Waals surface area contributed by atoms with Crippen molar-refractivity contribution >= 4 is 40.2 Å². The highest BCUT2D eigenvalue weighted by Gasteiger charge is 2.37. The Labute approximate surface area is 229 Å². The van der Waals surface area contributed by atoms with Gasteiger partial charge in [0.2, 0.25) is 0 Å². The minimum atomic E-state index is -1.39. The minimum absolute atomic E-state index is 0.0126. The number of hydrogen-bond donors (Lipinski definition) is 1. The van der Waals surface area contributed by atoms with Crippen LogP contribution in [0.3, 0.4) is 0 Å². The fourth-order valence-electron chi connectivity index (χ4n) is 5.17. The second kappa shape index (κ2) is 12.6. The number of likely N-dealkylation sites (tertiary alicyclic amines) is 1. The van der Waals surface area contributed by atoms with Crippen LogP contribution in [0.1, 0.15) is 43.8 Å². The number of pyridine rings is 1. The van der Waals surface area contributed by atoms with Gasteiger partial charge in [-0.05, 0) is 74.5 Å². The van der Waals surface area contributed by atoms with Crippen LogP contribution in [0, 0.1) is 17.0 Å². The number of thioether (sulfide) groups is 1. The molecule has 0 saturated carbocycles. The maximum Gasteiger partial charge on any atom is 0.303 e. The smallest absolute Gasteiger partial charge is 0.303 e. The number of carbonyl (C=O) groups is 1. The van der Waals surface area contributed by atoms with Gasteiger partial charge >= 0.3 is 5.97 Å². The average Bonchev–Trinajstić information content (AvgIpc) is 2.89. The number of halogens is 4. The number of methoxy groups -OCH3 is 1. The van der Waals surface area contributed by atoms with Crippen LogP contribution in [0.2, 0.25) is 5.02 Å². The summed E-state index contributed by atoms with van der Waals surface area (Å²) in [6, 6.07) is 9.03. The van der Waals surface area contributed by atoms with Crippen molar-refractivity contribution < 1.29 is 27.8 Å². The summed E-state index contributed by atoms with van der Waals surface area (Å²) in [5.41, 5.74) is 0.412. The molecular weight excluding hydrogens is 537 g/mol. The second-order valence-corrected chi connectivity index (χ2v) is 11.2. The maximum atomic E-state index is 15.7. The van der Waals surface area contributed by atoms with Crippen LogP contribution in [0.4, 0.5) is 13.2 Å². The number of piperidine rings is 1. The van der Waals surface area contributed by atoms with Gasteiger partial charge in [-0.25, -0.2) is 13.2 Å². The van der Waals surface area contributed by atoms with E-state index in [1.165, 1.54) is 31.5 Å². The lowest BCUT2D eigenvalue weighted by Gasteiger charge is -2.41. The van der Waals surface area contributed by atoms with E-state index < -0.39 is 29.2 Å². The molecule has 0 amide bonds. The lowest BCUT2D eigenvalue weighted by Crippen LogP contribution is -2.42. The van der Waals surface area contributed by atoms with Crippen LogP contribution in [-0.4, -0.2) is 53.5 Å². The molecule has 4 rings (SSSR count). The fourth-order valence-corrected chi connectivity index (χ4v) is 6.41. The van der Waals surface area contributed by atoms with Gasteiger partial charge in [0.25, 0.3) is 0 Å². The Morgan fingerprint density at radius 2 is 1.95 bits per heavy atom. The van der Waals surface area contributed by atoms with E-state index in [2.05, 4.69) is 9.88 Å². The number of rotatable bonds is 11.